The molecule has 0 amide bonds. The topological polar surface area (TPSA) is 31.7 Å². The lowest BCUT2D eigenvalue weighted by Gasteiger charge is -2.38. The van der Waals surface area contributed by atoms with E-state index in [4.69, 9.17) is 0 Å². The summed E-state index contributed by atoms with van der Waals surface area (Å²) >= 11 is 0. The highest BCUT2D eigenvalue weighted by atomic mass is 15.2. The summed E-state index contributed by atoms with van der Waals surface area (Å²) in [5.41, 5.74) is 3.67. The standard InChI is InChI=1S/C23H32N4/c1-17-11-20(16-27(13-17)15-18-8-10-26(3)14-18)21-7-6-19(12-24-2)23-22(21)5-4-9-25-23/h4-7,9,12,17-18,20H,8,10-11,13-16H2,1-3H3. The zero-order valence-electron chi connectivity index (χ0n) is 16.9. The molecule has 4 heteroatoms. The highest BCUT2D eigenvalue weighted by Gasteiger charge is 2.30. The number of benzene rings is 1. The van der Waals surface area contributed by atoms with Gasteiger partial charge in [0, 0.05) is 56.6 Å². The second-order valence-corrected chi connectivity index (χ2v) is 8.70. The summed E-state index contributed by atoms with van der Waals surface area (Å²) in [6, 6.07) is 8.83. The predicted octanol–water partition coefficient (Wildman–Crippen LogP) is 3.66. The minimum atomic E-state index is 0.590. The van der Waals surface area contributed by atoms with Gasteiger partial charge in [0.25, 0.3) is 0 Å². The van der Waals surface area contributed by atoms with Crippen LogP contribution in [-0.4, -0.2) is 67.8 Å². The summed E-state index contributed by atoms with van der Waals surface area (Å²) in [4.78, 5) is 14.1. The van der Waals surface area contributed by atoms with Gasteiger partial charge in [0.15, 0.2) is 0 Å². The molecule has 2 aliphatic rings. The monoisotopic (exact) mass is 364 g/mol. The van der Waals surface area contributed by atoms with Crippen LogP contribution in [-0.2, 0) is 0 Å². The van der Waals surface area contributed by atoms with E-state index in [9.17, 15) is 0 Å². The average molecular weight is 365 g/mol. The van der Waals surface area contributed by atoms with Crippen LogP contribution in [0.25, 0.3) is 10.9 Å². The van der Waals surface area contributed by atoms with Crippen molar-refractivity contribution in [1.82, 2.24) is 14.8 Å². The number of nitrogens with zero attached hydrogens (tertiary/aromatic N) is 4. The van der Waals surface area contributed by atoms with Crippen molar-refractivity contribution in [1.29, 1.82) is 0 Å². The van der Waals surface area contributed by atoms with Crippen molar-refractivity contribution in [3.63, 3.8) is 0 Å². The molecule has 0 radical (unpaired) electrons. The van der Waals surface area contributed by atoms with Crippen LogP contribution in [0.2, 0.25) is 0 Å². The summed E-state index contributed by atoms with van der Waals surface area (Å²) in [6.45, 7) is 8.60. The van der Waals surface area contributed by atoms with Crippen LogP contribution in [0.15, 0.2) is 35.5 Å². The third-order valence-electron chi connectivity index (χ3n) is 6.28. The lowest BCUT2D eigenvalue weighted by Crippen LogP contribution is -2.41. The van der Waals surface area contributed by atoms with Gasteiger partial charge in [0.05, 0.1) is 5.52 Å². The number of fused-ring (bicyclic) bond motifs is 1. The first-order valence-corrected chi connectivity index (χ1v) is 10.3. The molecular formula is C23H32N4. The molecule has 4 rings (SSSR count). The number of aliphatic imine (C=N–C) groups is 1. The van der Waals surface area contributed by atoms with Crippen molar-refractivity contribution >= 4 is 17.1 Å². The number of likely N-dealkylation sites (tertiary alicyclic amines) is 2. The van der Waals surface area contributed by atoms with E-state index in [1.54, 1.807) is 0 Å². The quantitative estimate of drug-likeness (QED) is 0.776. The molecule has 3 atom stereocenters. The van der Waals surface area contributed by atoms with E-state index >= 15 is 0 Å². The number of piperidine rings is 1. The molecule has 2 fully saturated rings. The first-order valence-electron chi connectivity index (χ1n) is 10.3. The molecule has 144 valence electrons. The number of pyridine rings is 1. The number of aromatic nitrogens is 1. The summed E-state index contributed by atoms with van der Waals surface area (Å²) in [5.74, 6) is 2.17. The molecule has 1 aromatic heterocycles. The maximum Gasteiger partial charge on any atom is 0.0792 e. The van der Waals surface area contributed by atoms with Gasteiger partial charge < -0.3 is 9.80 Å². The molecule has 3 unspecified atom stereocenters. The van der Waals surface area contributed by atoms with Gasteiger partial charge in [-0.1, -0.05) is 25.1 Å². The van der Waals surface area contributed by atoms with Crippen LogP contribution in [0.4, 0.5) is 0 Å². The Morgan fingerprint density at radius 3 is 2.89 bits per heavy atom. The fourth-order valence-electron chi connectivity index (χ4n) is 5.19. The summed E-state index contributed by atoms with van der Waals surface area (Å²) in [5, 5.41) is 1.30. The van der Waals surface area contributed by atoms with Gasteiger partial charge in [-0.05, 0) is 55.8 Å². The van der Waals surface area contributed by atoms with Crippen molar-refractivity contribution in [3.8, 4) is 0 Å². The lowest BCUT2D eigenvalue weighted by atomic mass is 9.83. The van der Waals surface area contributed by atoms with Crippen molar-refractivity contribution < 1.29 is 0 Å². The highest BCUT2D eigenvalue weighted by molar-refractivity contribution is 5.98. The second kappa shape index (κ2) is 8.07. The van der Waals surface area contributed by atoms with E-state index in [-0.39, 0.29) is 0 Å². The summed E-state index contributed by atoms with van der Waals surface area (Å²) in [6.07, 6.45) is 6.44. The minimum Gasteiger partial charge on any atom is -0.306 e. The van der Waals surface area contributed by atoms with E-state index in [2.05, 4.69) is 58.0 Å². The van der Waals surface area contributed by atoms with E-state index in [1.807, 2.05) is 19.5 Å². The van der Waals surface area contributed by atoms with Gasteiger partial charge in [0.1, 0.15) is 0 Å². The third kappa shape index (κ3) is 4.07. The van der Waals surface area contributed by atoms with Crippen LogP contribution >= 0.6 is 0 Å². The second-order valence-electron chi connectivity index (χ2n) is 8.70. The van der Waals surface area contributed by atoms with Gasteiger partial charge >= 0.3 is 0 Å². The molecule has 4 nitrogen and oxygen atoms in total. The number of hydrogen-bond donors (Lipinski definition) is 0. The molecule has 3 heterocycles. The Morgan fingerprint density at radius 2 is 2.11 bits per heavy atom. The zero-order chi connectivity index (χ0) is 18.8. The Bertz CT molecular complexity index is 815. The minimum absolute atomic E-state index is 0.590. The zero-order valence-corrected chi connectivity index (χ0v) is 16.9. The maximum atomic E-state index is 4.67. The van der Waals surface area contributed by atoms with E-state index in [0.29, 0.717) is 5.92 Å². The van der Waals surface area contributed by atoms with Crippen molar-refractivity contribution in [3.05, 3.63) is 41.6 Å². The molecule has 2 aliphatic heterocycles. The average Bonchev–Trinajstić information content (AvgIpc) is 3.06. The molecule has 27 heavy (non-hydrogen) atoms. The van der Waals surface area contributed by atoms with Crippen molar-refractivity contribution in [2.75, 3.05) is 46.8 Å². The molecule has 2 aromatic rings. The van der Waals surface area contributed by atoms with E-state index < -0.39 is 0 Å². The van der Waals surface area contributed by atoms with Gasteiger partial charge in [-0.15, -0.1) is 0 Å². The Balaban J connectivity index is 1.59. The smallest absolute Gasteiger partial charge is 0.0792 e. The third-order valence-corrected chi connectivity index (χ3v) is 6.28. The summed E-state index contributed by atoms with van der Waals surface area (Å²) < 4.78 is 0. The molecular weight excluding hydrogens is 332 g/mol. The molecule has 0 N–H and O–H groups in total. The summed E-state index contributed by atoms with van der Waals surface area (Å²) in [7, 11) is 4.08. The predicted molar refractivity (Wildman–Crippen MR) is 114 cm³/mol. The Morgan fingerprint density at radius 1 is 1.22 bits per heavy atom. The molecule has 0 spiro atoms. The molecule has 1 aromatic carbocycles. The molecule has 0 bridgehead atoms. The lowest BCUT2D eigenvalue weighted by molar-refractivity contribution is 0.143. The first kappa shape index (κ1) is 18.6. The SMILES string of the molecule is CN=Cc1ccc(C2CC(C)CN(CC3CCN(C)C3)C2)c2cccnc12. The van der Waals surface area contributed by atoms with Gasteiger partial charge in [-0.2, -0.15) is 0 Å². The van der Waals surface area contributed by atoms with Crippen LogP contribution in [0.5, 0.6) is 0 Å². The van der Waals surface area contributed by atoms with Crippen molar-refractivity contribution in [2.45, 2.75) is 25.7 Å². The van der Waals surface area contributed by atoms with Crippen molar-refractivity contribution in [2.24, 2.45) is 16.8 Å². The first-order chi connectivity index (χ1) is 13.1. The van der Waals surface area contributed by atoms with Crippen LogP contribution in [0.3, 0.4) is 0 Å². The van der Waals surface area contributed by atoms with Crippen LogP contribution in [0.1, 0.15) is 36.8 Å². The fourth-order valence-corrected chi connectivity index (χ4v) is 5.19. The molecule has 0 aliphatic carbocycles. The van der Waals surface area contributed by atoms with Gasteiger partial charge in [0.2, 0.25) is 0 Å². The normalized spacial score (nSPS) is 27.7. The van der Waals surface area contributed by atoms with Gasteiger partial charge in [-0.3, -0.25) is 9.98 Å². The van der Waals surface area contributed by atoms with Crippen LogP contribution < -0.4 is 0 Å². The van der Waals surface area contributed by atoms with Gasteiger partial charge in [-0.25, -0.2) is 0 Å². The Kier molecular flexibility index (Phi) is 5.55. The molecule has 0 saturated carbocycles. The Hall–Kier alpha value is -1.78. The molecule has 2 saturated heterocycles. The number of hydrogen-bond acceptors (Lipinski definition) is 4. The van der Waals surface area contributed by atoms with Crippen LogP contribution in [0, 0.1) is 11.8 Å². The Labute approximate surface area is 163 Å². The highest BCUT2D eigenvalue weighted by Crippen LogP contribution is 2.35. The maximum absolute atomic E-state index is 4.67. The fraction of sp³-hybridized carbons (Fsp3) is 0.565. The van der Waals surface area contributed by atoms with E-state index in [0.717, 1.165) is 22.9 Å². The number of rotatable bonds is 4. The van der Waals surface area contributed by atoms with E-state index in [1.165, 1.54) is 56.5 Å². The largest absolute Gasteiger partial charge is 0.306 e.